The second-order valence-electron chi connectivity index (χ2n) is 11.3. The zero-order valence-corrected chi connectivity index (χ0v) is 20.8. The maximum atomic E-state index is 15.3. The molecule has 0 spiro atoms. The van der Waals surface area contributed by atoms with Crippen LogP contribution in [0.25, 0.3) is 0 Å². The van der Waals surface area contributed by atoms with Crippen molar-refractivity contribution in [3.05, 3.63) is 58.4 Å². The van der Waals surface area contributed by atoms with Crippen molar-refractivity contribution in [1.82, 2.24) is 0 Å². The van der Waals surface area contributed by atoms with E-state index in [4.69, 9.17) is 0 Å². The Bertz CT molecular complexity index is 1220. The number of hydrogen-bond donors (Lipinski definition) is 3. The number of carbonyl (C=O) groups is 1. The monoisotopic (exact) mass is 520 g/mol. The molecule has 0 bridgehead atoms. The molecule has 9 heteroatoms. The molecule has 0 radical (unpaired) electrons. The summed E-state index contributed by atoms with van der Waals surface area (Å²) in [6, 6.07) is 7.46. The Morgan fingerprint density at radius 1 is 1.14 bits per heavy atom. The number of ketones is 1. The van der Waals surface area contributed by atoms with Crippen molar-refractivity contribution in [3.63, 3.8) is 0 Å². The van der Waals surface area contributed by atoms with Crippen LogP contribution in [0, 0.1) is 17.2 Å². The predicted octanol–water partition coefficient (Wildman–Crippen LogP) is 4.01. The number of hydrogen-bond acceptors (Lipinski definition) is 6. The number of Topliss-reactive ketones (excluding diaryl/α,β-unsaturated/α-hetero) is 1. The molecule has 0 aromatic heterocycles. The van der Waals surface area contributed by atoms with Crippen LogP contribution in [0.1, 0.15) is 61.3 Å². The van der Waals surface area contributed by atoms with E-state index in [1.807, 2.05) is 13.8 Å². The van der Waals surface area contributed by atoms with Crippen molar-refractivity contribution in [2.75, 3.05) is 13.2 Å². The molecule has 0 saturated heterocycles. The van der Waals surface area contributed by atoms with E-state index >= 15 is 4.39 Å². The molecule has 200 valence electrons. The van der Waals surface area contributed by atoms with Gasteiger partial charge in [-0.3, -0.25) is 4.79 Å². The van der Waals surface area contributed by atoms with Gasteiger partial charge in [-0.1, -0.05) is 26.0 Å². The second kappa shape index (κ2) is 8.99. The van der Waals surface area contributed by atoms with Crippen LogP contribution in [0.5, 0.6) is 11.5 Å². The first-order chi connectivity index (χ1) is 17.4. The normalized spacial score (nSPS) is 23.6. The molecule has 37 heavy (non-hydrogen) atoms. The molecule has 5 rings (SSSR count). The van der Waals surface area contributed by atoms with Crippen LogP contribution in [0.4, 0.5) is 13.2 Å². The van der Waals surface area contributed by atoms with E-state index in [1.165, 1.54) is 18.2 Å². The Balaban J connectivity index is 1.40. The average Bonchev–Trinajstić information content (AvgIpc) is 3.50. The van der Waals surface area contributed by atoms with Crippen molar-refractivity contribution >= 4 is 5.78 Å². The van der Waals surface area contributed by atoms with Crippen molar-refractivity contribution in [2.24, 2.45) is 11.3 Å². The number of benzene rings is 2. The SMILES string of the molecule is CC(C)(CO)C1Cc2cc(CC(=O)C3(c4ccc5c(c4)OC(F)(F)O5)CC3)c(F)cc2C1C[C@@H](O)CO. The van der Waals surface area contributed by atoms with E-state index in [0.29, 0.717) is 24.8 Å². The van der Waals surface area contributed by atoms with Gasteiger partial charge < -0.3 is 24.8 Å². The van der Waals surface area contributed by atoms with E-state index in [9.17, 15) is 28.9 Å². The first-order valence-electron chi connectivity index (χ1n) is 12.5. The maximum Gasteiger partial charge on any atom is 0.586 e. The van der Waals surface area contributed by atoms with Gasteiger partial charge in [0.15, 0.2) is 11.5 Å². The van der Waals surface area contributed by atoms with E-state index in [-0.39, 0.29) is 54.1 Å². The van der Waals surface area contributed by atoms with Crippen LogP contribution >= 0.6 is 0 Å². The minimum Gasteiger partial charge on any atom is -0.396 e. The maximum absolute atomic E-state index is 15.3. The fraction of sp³-hybridized carbons (Fsp3) is 0.536. The van der Waals surface area contributed by atoms with Crippen molar-refractivity contribution < 1.29 is 42.8 Å². The molecule has 2 unspecified atom stereocenters. The van der Waals surface area contributed by atoms with E-state index < -0.39 is 35.7 Å². The topological polar surface area (TPSA) is 96.2 Å². The summed E-state index contributed by atoms with van der Waals surface area (Å²) in [5, 5.41) is 29.5. The van der Waals surface area contributed by atoms with Crippen LogP contribution in [0.15, 0.2) is 30.3 Å². The highest BCUT2D eigenvalue weighted by atomic mass is 19.3. The van der Waals surface area contributed by atoms with Crippen molar-refractivity contribution in [2.45, 2.75) is 69.7 Å². The fourth-order valence-corrected chi connectivity index (χ4v) is 5.98. The van der Waals surface area contributed by atoms with Gasteiger partial charge in [-0.25, -0.2) is 4.39 Å². The Morgan fingerprint density at radius 3 is 2.49 bits per heavy atom. The number of ether oxygens (including phenoxy) is 2. The van der Waals surface area contributed by atoms with Crippen LogP contribution < -0.4 is 9.47 Å². The molecule has 6 nitrogen and oxygen atoms in total. The van der Waals surface area contributed by atoms with Crippen molar-refractivity contribution in [1.29, 1.82) is 0 Å². The fourth-order valence-electron chi connectivity index (χ4n) is 5.98. The minimum absolute atomic E-state index is 0.0828. The summed E-state index contributed by atoms with van der Waals surface area (Å²) in [6.07, 6.45) is -3.01. The van der Waals surface area contributed by atoms with Crippen LogP contribution in [-0.2, 0) is 23.1 Å². The molecule has 1 saturated carbocycles. The molecule has 2 aromatic carbocycles. The summed E-state index contributed by atoms with van der Waals surface area (Å²) in [7, 11) is 0. The van der Waals surface area contributed by atoms with Gasteiger partial charge in [0.25, 0.3) is 0 Å². The molecular formula is C28H31F3O6. The molecular weight excluding hydrogens is 489 g/mol. The summed E-state index contributed by atoms with van der Waals surface area (Å²) in [6.45, 7) is 3.34. The number of carbonyl (C=O) groups excluding carboxylic acids is 1. The third-order valence-corrected chi connectivity index (χ3v) is 8.37. The zero-order valence-electron chi connectivity index (χ0n) is 20.8. The van der Waals surface area contributed by atoms with Gasteiger partial charge in [0.2, 0.25) is 0 Å². The molecule has 3 atom stereocenters. The lowest BCUT2D eigenvalue weighted by Gasteiger charge is -2.35. The number of rotatable bonds is 9. The third kappa shape index (κ3) is 4.62. The number of aliphatic hydroxyl groups excluding tert-OH is 3. The molecule has 3 N–H and O–H groups in total. The molecule has 2 aromatic rings. The largest absolute Gasteiger partial charge is 0.586 e. The Labute approximate surface area is 213 Å². The molecule has 2 aliphatic carbocycles. The third-order valence-electron chi connectivity index (χ3n) is 8.37. The van der Waals surface area contributed by atoms with Gasteiger partial charge in [-0.05, 0) is 83.4 Å². The summed E-state index contributed by atoms with van der Waals surface area (Å²) in [4.78, 5) is 13.4. The van der Waals surface area contributed by atoms with Gasteiger partial charge >= 0.3 is 6.29 Å². The van der Waals surface area contributed by atoms with Gasteiger partial charge in [-0.2, -0.15) is 0 Å². The molecule has 1 aliphatic heterocycles. The van der Waals surface area contributed by atoms with Gasteiger partial charge in [0.05, 0.1) is 18.1 Å². The van der Waals surface area contributed by atoms with E-state index in [0.717, 1.165) is 11.1 Å². The summed E-state index contributed by atoms with van der Waals surface area (Å²) in [5.74, 6) is -1.28. The van der Waals surface area contributed by atoms with E-state index in [2.05, 4.69) is 9.47 Å². The van der Waals surface area contributed by atoms with Gasteiger partial charge in [0.1, 0.15) is 11.6 Å². The second-order valence-corrected chi connectivity index (χ2v) is 11.3. The number of fused-ring (bicyclic) bond motifs is 2. The number of halogens is 3. The van der Waals surface area contributed by atoms with E-state index in [1.54, 1.807) is 12.1 Å². The van der Waals surface area contributed by atoms with Crippen LogP contribution in [0.2, 0.25) is 0 Å². The highest BCUT2D eigenvalue weighted by Gasteiger charge is 2.52. The molecule has 0 amide bonds. The van der Waals surface area contributed by atoms with Gasteiger partial charge in [0, 0.05) is 13.0 Å². The number of aliphatic hydroxyl groups is 3. The average molecular weight is 521 g/mol. The van der Waals surface area contributed by atoms with Crippen LogP contribution in [-0.4, -0.2) is 46.7 Å². The summed E-state index contributed by atoms with van der Waals surface area (Å²) < 4.78 is 51.2. The Kier molecular flexibility index (Phi) is 6.32. The Hall–Kier alpha value is -2.62. The number of alkyl halides is 2. The van der Waals surface area contributed by atoms with Crippen LogP contribution in [0.3, 0.4) is 0 Å². The summed E-state index contributed by atoms with van der Waals surface area (Å²) in [5.41, 5.74) is 1.01. The highest BCUT2D eigenvalue weighted by molar-refractivity contribution is 5.94. The summed E-state index contributed by atoms with van der Waals surface area (Å²) >= 11 is 0. The molecule has 1 fully saturated rings. The first-order valence-corrected chi connectivity index (χ1v) is 12.5. The molecule has 3 aliphatic rings. The van der Waals surface area contributed by atoms with Crippen molar-refractivity contribution in [3.8, 4) is 11.5 Å². The molecule has 1 heterocycles. The first kappa shape index (κ1) is 26.0. The standard InChI is InChI=1S/C28H31F3O6/c1-26(2,14-33)21-8-15-7-16(22(29)12-19(15)20(21)11-18(34)13-32)9-25(35)27(5-6-27)17-3-4-23-24(10-17)37-28(30,31)36-23/h3-4,7,10,12,18,20-21,32-34H,5-6,8-9,11,13-14H2,1-2H3/t18-,20?,21?/m1/s1. The Morgan fingerprint density at radius 2 is 1.84 bits per heavy atom. The smallest absolute Gasteiger partial charge is 0.396 e. The zero-order chi connectivity index (χ0) is 26.8. The lowest BCUT2D eigenvalue weighted by Crippen LogP contribution is -2.33. The van der Waals surface area contributed by atoms with Gasteiger partial charge in [-0.15, -0.1) is 8.78 Å². The minimum atomic E-state index is -3.75. The quantitative estimate of drug-likeness (QED) is 0.463. The predicted molar refractivity (Wildman–Crippen MR) is 127 cm³/mol. The highest BCUT2D eigenvalue weighted by Crippen LogP contribution is 2.53. The lowest BCUT2D eigenvalue weighted by molar-refractivity contribution is -0.286. The lowest BCUT2D eigenvalue weighted by atomic mass is 9.71.